The lowest BCUT2D eigenvalue weighted by Gasteiger charge is -2.18. The summed E-state index contributed by atoms with van der Waals surface area (Å²) in [5.41, 5.74) is 3.93. The Kier molecular flexibility index (Phi) is 6.17. The van der Waals surface area contributed by atoms with Crippen LogP contribution in [0.15, 0.2) is 59.8 Å². The predicted molar refractivity (Wildman–Crippen MR) is 133 cm³/mol. The fourth-order valence-corrected chi connectivity index (χ4v) is 6.39. The second kappa shape index (κ2) is 9.19. The van der Waals surface area contributed by atoms with Crippen molar-refractivity contribution in [3.8, 4) is 0 Å². The largest absolute Gasteiger partial charge is 0.365 e. The van der Waals surface area contributed by atoms with Gasteiger partial charge in [-0.1, -0.05) is 72.8 Å². The zero-order valence-electron chi connectivity index (χ0n) is 17.4. The van der Waals surface area contributed by atoms with Gasteiger partial charge in [-0.25, -0.2) is 9.97 Å². The van der Waals surface area contributed by atoms with Gasteiger partial charge in [-0.2, -0.15) is 0 Å². The number of aryl methyl sites for hydroxylation is 1. The van der Waals surface area contributed by atoms with E-state index >= 15 is 0 Å². The molecular formula is C25H24ClN3S2. The van der Waals surface area contributed by atoms with Gasteiger partial charge in [-0.15, -0.1) is 11.3 Å². The third kappa shape index (κ3) is 4.74. The Morgan fingerprint density at radius 3 is 2.68 bits per heavy atom. The van der Waals surface area contributed by atoms with Crippen molar-refractivity contribution in [2.45, 2.75) is 43.6 Å². The Labute approximate surface area is 196 Å². The van der Waals surface area contributed by atoms with Crippen molar-refractivity contribution in [1.29, 1.82) is 0 Å². The summed E-state index contributed by atoms with van der Waals surface area (Å²) in [7, 11) is 0. The van der Waals surface area contributed by atoms with Gasteiger partial charge in [0.25, 0.3) is 0 Å². The molecule has 0 saturated carbocycles. The number of benzene rings is 2. The number of halogens is 1. The van der Waals surface area contributed by atoms with E-state index < -0.39 is 0 Å². The van der Waals surface area contributed by atoms with E-state index in [2.05, 4.69) is 48.6 Å². The van der Waals surface area contributed by atoms with Crippen LogP contribution in [0.4, 0.5) is 5.82 Å². The topological polar surface area (TPSA) is 37.8 Å². The van der Waals surface area contributed by atoms with Crippen LogP contribution < -0.4 is 5.32 Å². The fraction of sp³-hybridized carbons (Fsp3) is 0.280. The standard InChI is InChI=1S/C25H24ClN3S2/c1-16-7-12-20-21(13-16)31-24-22(20)23(27-14-17-5-3-2-4-6-17)28-25(29-24)30-15-18-8-10-19(26)11-9-18/h2-6,8-11,16H,7,12-15H2,1H3,(H,27,28,29)/t16-/m0/s1. The molecule has 2 heterocycles. The third-order valence-electron chi connectivity index (χ3n) is 5.72. The first-order chi connectivity index (χ1) is 15.2. The van der Waals surface area contributed by atoms with Gasteiger partial charge in [0.1, 0.15) is 10.6 Å². The van der Waals surface area contributed by atoms with Crippen LogP contribution in [0.5, 0.6) is 0 Å². The van der Waals surface area contributed by atoms with E-state index in [-0.39, 0.29) is 0 Å². The van der Waals surface area contributed by atoms with Crippen LogP contribution in [-0.4, -0.2) is 9.97 Å². The molecule has 3 nitrogen and oxygen atoms in total. The number of nitrogens with zero attached hydrogens (tertiary/aromatic N) is 2. The Bertz CT molecular complexity index is 1190. The van der Waals surface area contributed by atoms with Crippen molar-refractivity contribution >= 4 is 50.7 Å². The number of thiophene rings is 1. The molecule has 0 amide bonds. The molecule has 1 aliphatic carbocycles. The number of hydrogen-bond donors (Lipinski definition) is 1. The van der Waals surface area contributed by atoms with E-state index in [4.69, 9.17) is 21.6 Å². The predicted octanol–water partition coefficient (Wildman–Crippen LogP) is 7.37. The van der Waals surface area contributed by atoms with Crippen LogP contribution in [0.1, 0.15) is 34.9 Å². The Balaban J connectivity index is 1.47. The van der Waals surface area contributed by atoms with Crippen molar-refractivity contribution in [1.82, 2.24) is 9.97 Å². The number of rotatable bonds is 6. The van der Waals surface area contributed by atoms with E-state index in [1.807, 2.05) is 29.5 Å². The van der Waals surface area contributed by atoms with Crippen molar-refractivity contribution < 1.29 is 0 Å². The lowest BCUT2D eigenvalue weighted by atomic mass is 9.89. The van der Waals surface area contributed by atoms with E-state index in [0.717, 1.165) is 51.9 Å². The molecule has 6 heteroatoms. The lowest BCUT2D eigenvalue weighted by molar-refractivity contribution is 0.509. The highest BCUT2D eigenvalue weighted by atomic mass is 35.5. The van der Waals surface area contributed by atoms with Gasteiger partial charge in [0, 0.05) is 22.2 Å². The first kappa shape index (κ1) is 20.8. The maximum absolute atomic E-state index is 6.02. The second-order valence-electron chi connectivity index (χ2n) is 8.14. The van der Waals surface area contributed by atoms with Crippen molar-refractivity contribution in [3.63, 3.8) is 0 Å². The fourth-order valence-electron chi connectivity index (χ4n) is 4.03. The number of hydrogen-bond acceptors (Lipinski definition) is 5. The van der Waals surface area contributed by atoms with Crippen molar-refractivity contribution in [2.75, 3.05) is 5.32 Å². The summed E-state index contributed by atoms with van der Waals surface area (Å²) < 4.78 is 0. The average Bonchev–Trinajstić information content (AvgIpc) is 3.15. The summed E-state index contributed by atoms with van der Waals surface area (Å²) in [6.07, 6.45) is 3.52. The van der Waals surface area contributed by atoms with Gasteiger partial charge in [-0.3, -0.25) is 0 Å². The van der Waals surface area contributed by atoms with Crippen molar-refractivity contribution in [3.05, 3.63) is 81.2 Å². The SMILES string of the molecule is C[C@H]1CCc2c(sc3nc(SCc4ccc(Cl)cc4)nc(NCc4ccccc4)c23)C1. The molecule has 0 saturated heterocycles. The highest BCUT2D eigenvalue weighted by Crippen LogP contribution is 2.41. The minimum Gasteiger partial charge on any atom is -0.365 e. The number of nitrogens with one attached hydrogen (secondary N) is 1. The van der Waals surface area contributed by atoms with Crippen LogP contribution in [0, 0.1) is 5.92 Å². The zero-order valence-corrected chi connectivity index (χ0v) is 19.8. The maximum atomic E-state index is 6.02. The molecule has 2 aromatic heterocycles. The van der Waals surface area contributed by atoms with Crippen LogP contribution >= 0.6 is 34.7 Å². The molecule has 0 aliphatic heterocycles. The van der Waals surface area contributed by atoms with Crippen LogP contribution in [0.3, 0.4) is 0 Å². The monoisotopic (exact) mass is 465 g/mol. The summed E-state index contributed by atoms with van der Waals surface area (Å²) in [5, 5.41) is 6.44. The van der Waals surface area contributed by atoms with Crippen molar-refractivity contribution in [2.24, 2.45) is 5.92 Å². The van der Waals surface area contributed by atoms with Crippen LogP contribution in [0.2, 0.25) is 5.02 Å². The van der Waals surface area contributed by atoms with Crippen LogP contribution in [-0.2, 0) is 25.1 Å². The smallest absolute Gasteiger partial charge is 0.191 e. The molecule has 5 rings (SSSR count). The summed E-state index contributed by atoms with van der Waals surface area (Å²) in [4.78, 5) is 12.5. The summed E-state index contributed by atoms with van der Waals surface area (Å²) in [6, 6.07) is 18.5. The second-order valence-corrected chi connectivity index (χ2v) is 10.6. The molecule has 2 aromatic carbocycles. The van der Waals surface area contributed by atoms with Gasteiger partial charge >= 0.3 is 0 Å². The first-order valence-electron chi connectivity index (χ1n) is 10.6. The van der Waals surface area contributed by atoms with E-state index in [1.54, 1.807) is 11.8 Å². The minimum atomic E-state index is 0.744. The van der Waals surface area contributed by atoms with E-state index in [9.17, 15) is 0 Å². The van der Waals surface area contributed by atoms with Gasteiger partial charge in [-0.05, 0) is 54.0 Å². The van der Waals surface area contributed by atoms with Gasteiger partial charge in [0.2, 0.25) is 0 Å². The first-order valence-corrected chi connectivity index (χ1v) is 12.8. The Morgan fingerprint density at radius 1 is 1.06 bits per heavy atom. The quantitative estimate of drug-likeness (QED) is 0.238. The molecule has 0 bridgehead atoms. The number of anilines is 1. The molecule has 0 radical (unpaired) electrons. The summed E-state index contributed by atoms with van der Waals surface area (Å²) >= 11 is 9.55. The van der Waals surface area contributed by atoms with Gasteiger partial charge in [0.05, 0.1) is 5.39 Å². The number of aromatic nitrogens is 2. The van der Waals surface area contributed by atoms with E-state index in [0.29, 0.717) is 0 Å². The summed E-state index contributed by atoms with van der Waals surface area (Å²) in [6.45, 7) is 3.11. The van der Waals surface area contributed by atoms with Gasteiger partial charge in [0.15, 0.2) is 5.16 Å². The lowest BCUT2D eigenvalue weighted by Crippen LogP contribution is -2.09. The average molecular weight is 466 g/mol. The molecule has 0 unspecified atom stereocenters. The maximum Gasteiger partial charge on any atom is 0.191 e. The molecule has 4 aromatic rings. The Hall–Kier alpha value is -2.08. The highest BCUT2D eigenvalue weighted by molar-refractivity contribution is 7.98. The highest BCUT2D eigenvalue weighted by Gasteiger charge is 2.24. The molecule has 1 atom stereocenters. The van der Waals surface area contributed by atoms with Gasteiger partial charge < -0.3 is 5.32 Å². The van der Waals surface area contributed by atoms with E-state index in [1.165, 1.54) is 33.4 Å². The van der Waals surface area contributed by atoms with Crippen LogP contribution in [0.25, 0.3) is 10.2 Å². The Morgan fingerprint density at radius 2 is 1.87 bits per heavy atom. The molecule has 1 aliphatic rings. The third-order valence-corrected chi connectivity index (χ3v) is 8.04. The molecule has 158 valence electrons. The molecule has 31 heavy (non-hydrogen) atoms. The normalized spacial score (nSPS) is 15.7. The minimum absolute atomic E-state index is 0.744. The number of thioether (sulfide) groups is 1. The molecule has 0 fully saturated rings. The zero-order chi connectivity index (χ0) is 21.2. The summed E-state index contributed by atoms with van der Waals surface area (Å²) in [5.74, 6) is 2.54. The molecule has 1 N–H and O–H groups in total. The molecular weight excluding hydrogens is 442 g/mol. The molecule has 0 spiro atoms. The number of fused-ring (bicyclic) bond motifs is 3.